The molecule has 0 saturated carbocycles. The molecule has 0 spiro atoms. The first-order valence-corrected chi connectivity index (χ1v) is 7.73. The highest BCUT2D eigenvalue weighted by molar-refractivity contribution is 7.87. The van der Waals surface area contributed by atoms with Crippen LogP contribution in [0, 0.1) is 0 Å². The number of hydrogen-bond donors (Lipinski definition) is 2. The van der Waals surface area contributed by atoms with Crippen molar-refractivity contribution in [3.8, 4) is 0 Å². The van der Waals surface area contributed by atoms with Crippen molar-refractivity contribution < 1.29 is 13.2 Å². The molecule has 1 aliphatic rings. The van der Waals surface area contributed by atoms with Gasteiger partial charge in [0.2, 0.25) is 0 Å². The summed E-state index contributed by atoms with van der Waals surface area (Å²) in [5, 5.41) is 3.34. The molecule has 0 bridgehead atoms. The SMILES string of the molecule is COCC1(CNS(=O)(=O)N(C)C(C)C)CCCN1.Cl. The van der Waals surface area contributed by atoms with Gasteiger partial charge in [0.1, 0.15) is 0 Å². The molecule has 1 fully saturated rings. The summed E-state index contributed by atoms with van der Waals surface area (Å²) in [5.41, 5.74) is -0.264. The van der Waals surface area contributed by atoms with Crippen molar-refractivity contribution in [1.82, 2.24) is 14.3 Å². The number of nitrogens with zero attached hydrogens (tertiary/aromatic N) is 1. The molecular formula is C11H26ClN3O3S. The molecule has 0 aromatic rings. The second-order valence-electron chi connectivity index (χ2n) is 5.18. The number of hydrogen-bond acceptors (Lipinski definition) is 4. The predicted molar refractivity (Wildman–Crippen MR) is 78.9 cm³/mol. The van der Waals surface area contributed by atoms with E-state index in [9.17, 15) is 8.42 Å². The van der Waals surface area contributed by atoms with Crippen molar-refractivity contribution in [2.45, 2.75) is 38.3 Å². The molecule has 8 heteroatoms. The van der Waals surface area contributed by atoms with Crippen molar-refractivity contribution in [1.29, 1.82) is 0 Å². The fraction of sp³-hybridized carbons (Fsp3) is 1.00. The van der Waals surface area contributed by atoms with Crippen LogP contribution in [0.3, 0.4) is 0 Å². The van der Waals surface area contributed by atoms with E-state index in [0.29, 0.717) is 13.2 Å². The van der Waals surface area contributed by atoms with Gasteiger partial charge < -0.3 is 10.1 Å². The van der Waals surface area contributed by atoms with Crippen LogP contribution in [0.1, 0.15) is 26.7 Å². The zero-order chi connectivity index (χ0) is 13.8. The Labute approximate surface area is 122 Å². The maximum atomic E-state index is 12.0. The average molecular weight is 316 g/mol. The highest BCUT2D eigenvalue weighted by atomic mass is 35.5. The van der Waals surface area contributed by atoms with Gasteiger partial charge in [-0.05, 0) is 33.2 Å². The van der Waals surface area contributed by atoms with Crippen LogP contribution in [0.15, 0.2) is 0 Å². The van der Waals surface area contributed by atoms with Gasteiger partial charge in [0.25, 0.3) is 10.2 Å². The lowest BCUT2D eigenvalue weighted by Crippen LogP contribution is -2.55. The third-order valence-electron chi connectivity index (χ3n) is 3.45. The second kappa shape index (κ2) is 7.75. The van der Waals surface area contributed by atoms with Gasteiger partial charge >= 0.3 is 0 Å². The number of nitrogens with one attached hydrogen (secondary N) is 2. The summed E-state index contributed by atoms with van der Waals surface area (Å²) in [6, 6.07) is -0.0580. The highest BCUT2D eigenvalue weighted by Gasteiger charge is 2.35. The van der Waals surface area contributed by atoms with Gasteiger partial charge in [-0.1, -0.05) is 0 Å². The first-order chi connectivity index (χ1) is 8.33. The lowest BCUT2D eigenvalue weighted by atomic mass is 9.99. The molecule has 1 atom stereocenters. The molecule has 0 aromatic heterocycles. The minimum Gasteiger partial charge on any atom is -0.383 e. The van der Waals surface area contributed by atoms with Crippen molar-refractivity contribution in [2.24, 2.45) is 0 Å². The molecule has 1 aliphatic heterocycles. The molecule has 1 rings (SSSR count). The van der Waals surface area contributed by atoms with Crippen LogP contribution in [0.25, 0.3) is 0 Å². The molecule has 19 heavy (non-hydrogen) atoms. The van der Waals surface area contributed by atoms with Crippen LogP contribution in [-0.4, -0.2) is 58.2 Å². The largest absolute Gasteiger partial charge is 0.383 e. The van der Waals surface area contributed by atoms with E-state index in [1.165, 1.54) is 4.31 Å². The molecule has 2 N–H and O–H groups in total. The maximum absolute atomic E-state index is 12.0. The summed E-state index contributed by atoms with van der Waals surface area (Å²) in [4.78, 5) is 0. The van der Waals surface area contributed by atoms with E-state index >= 15 is 0 Å². The Hall–Kier alpha value is 0.0800. The van der Waals surface area contributed by atoms with Crippen molar-refractivity contribution >= 4 is 22.6 Å². The van der Waals surface area contributed by atoms with Gasteiger partial charge in [0, 0.05) is 26.7 Å². The van der Waals surface area contributed by atoms with Gasteiger partial charge in [-0.3, -0.25) is 0 Å². The Morgan fingerprint density at radius 2 is 2.11 bits per heavy atom. The minimum atomic E-state index is -3.42. The van der Waals surface area contributed by atoms with Crippen molar-refractivity contribution in [2.75, 3.05) is 33.9 Å². The van der Waals surface area contributed by atoms with E-state index in [2.05, 4.69) is 10.0 Å². The van der Waals surface area contributed by atoms with Gasteiger partial charge in [-0.15, -0.1) is 12.4 Å². The lowest BCUT2D eigenvalue weighted by molar-refractivity contribution is 0.122. The first kappa shape index (κ1) is 19.1. The van der Waals surface area contributed by atoms with Gasteiger partial charge in [-0.25, -0.2) is 4.72 Å². The van der Waals surface area contributed by atoms with Crippen LogP contribution in [-0.2, 0) is 14.9 Å². The molecule has 6 nitrogen and oxygen atoms in total. The maximum Gasteiger partial charge on any atom is 0.279 e. The summed E-state index contributed by atoms with van der Waals surface area (Å²) in [7, 11) is -0.199. The lowest BCUT2D eigenvalue weighted by Gasteiger charge is -2.30. The molecule has 116 valence electrons. The van der Waals surface area contributed by atoms with Gasteiger partial charge in [0.05, 0.1) is 12.1 Å². The van der Waals surface area contributed by atoms with E-state index in [0.717, 1.165) is 19.4 Å². The summed E-state index contributed by atoms with van der Waals surface area (Å²) >= 11 is 0. The van der Waals surface area contributed by atoms with E-state index < -0.39 is 10.2 Å². The Morgan fingerprint density at radius 1 is 1.47 bits per heavy atom. The second-order valence-corrected chi connectivity index (χ2v) is 6.99. The molecule has 1 heterocycles. The summed E-state index contributed by atoms with van der Waals surface area (Å²) in [5.74, 6) is 0. The normalized spacial score (nSPS) is 23.9. The fourth-order valence-corrected chi connectivity index (χ4v) is 3.30. The molecule has 0 amide bonds. The van der Waals surface area contributed by atoms with Crippen molar-refractivity contribution in [3.05, 3.63) is 0 Å². The van der Waals surface area contributed by atoms with Gasteiger partial charge in [-0.2, -0.15) is 12.7 Å². The van der Waals surface area contributed by atoms with Gasteiger partial charge in [0.15, 0.2) is 0 Å². The van der Waals surface area contributed by atoms with E-state index in [4.69, 9.17) is 4.74 Å². The average Bonchev–Trinajstić information content (AvgIpc) is 2.75. The van der Waals surface area contributed by atoms with Crippen LogP contribution in [0.4, 0.5) is 0 Å². The predicted octanol–water partition coefficient (Wildman–Crippen LogP) is 0.351. The highest BCUT2D eigenvalue weighted by Crippen LogP contribution is 2.19. The summed E-state index contributed by atoms with van der Waals surface area (Å²) < 4.78 is 33.2. The topological polar surface area (TPSA) is 70.7 Å². The quantitative estimate of drug-likeness (QED) is 0.711. The van der Waals surface area contributed by atoms with Crippen LogP contribution in [0.5, 0.6) is 0 Å². The number of methoxy groups -OCH3 is 1. The number of rotatable bonds is 7. The number of ether oxygens (including phenoxy) is 1. The van der Waals surface area contributed by atoms with Crippen LogP contribution >= 0.6 is 12.4 Å². The molecule has 1 saturated heterocycles. The monoisotopic (exact) mass is 315 g/mol. The molecular weight excluding hydrogens is 290 g/mol. The Morgan fingerprint density at radius 3 is 2.53 bits per heavy atom. The third kappa shape index (κ3) is 5.17. The van der Waals surface area contributed by atoms with Crippen LogP contribution in [0.2, 0.25) is 0 Å². The zero-order valence-electron chi connectivity index (χ0n) is 12.1. The minimum absolute atomic E-state index is 0. The molecule has 0 aromatic carbocycles. The number of halogens is 1. The first-order valence-electron chi connectivity index (χ1n) is 6.29. The fourth-order valence-electron chi connectivity index (χ4n) is 2.08. The summed E-state index contributed by atoms with van der Waals surface area (Å²) in [6.07, 6.45) is 1.97. The zero-order valence-corrected chi connectivity index (χ0v) is 13.7. The Kier molecular flexibility index (Phi) is 7.79. The third-order valence-corrected chi connectivity index (χ3v) is 5.14. The van der Waals surface area contributed by atoms with Crippen LogP contribution < -0.4 is 10.0 Å². The van der Waals surface area contributed by atoms with E-state index in [1.807, 2.05) is 13.8 Å². The smallest absolute Gasteiger partial charge is 0.279 e. The summed E-state index contributed by atoms with van der Waals surface area (Å²) in [6.45, 7) is 5.47. The van der Waals surface area contributed by atoms with E-state index in [1.54, 1.807) is 14.2 Å². The standard InChI is InChI=1S/C11H25N3O3S.ClH/c1-10(2)14(3)18(15,16)13-8-11(9-17-4)6-5-7-12-11;/h10,12-13H,5-9H2,1-4H3;1H. The molecule has 0 radical (unpaired) electrons. The Balaban J connectivity index is 0.00000324. The van der Waals surface area contributed by atoms with Crippen molar-refractivity contribution in [3.63, 3.8) is 0 Å². The van der Waals surface area contributed by atoms with E-state index in [-0.39, 0.29) is 24.0 Å². The Bertz CT molecular complexity index is 356. The molecule has 0 aliphatic carbocycles. The molecule has 1 unspecified atom stereocenters.